The van der Waals surface area contributed by atoms with Gasteiger partial charge in [-0.1, -0.05) is 18.2 Å². The van der Waals surface area contributed by atoms with Crippen molar-refractivity contribution in [3.05, 3.63) is 54.4 Å². The first-order chi connectivity index (χ1) is 19.7. The number of piperidine rings is 1. The number of nitrogens with two attached hydrogens (primary N) is 1. The molecule has 41 heavy (non-hydrogen) atoms. The summed E-state index contributed by atoms with van der Waals surface area (Å²) in [5, 5.41) is 0. The van der Waals surface area contributed by atoms with Crippen molar-refractivity contribution in [1.29, 1.82) is 0 Å². The summed E-state index contributed by atoms with van der Waals surface area (Å²) in [5.41, 5.74) is 8.28. The van der Waals surface area contributed by atoms with Crippen LogP contribution in [0.15, 0.2) is 53.4 Å². The van der Waals surface area contributed by atoms with Crippen molar-refractivity contribution in [2.75, 3.05) is 39.9 Å². The van der Waals surface area contributed by atoms with Gasteiger partial charge >= 0.3 is 6.61 Å². The molecule has 13 heteroatoms. The summed E-state index contributed by atoms with van der Waals surface area (Å²) >= 11 is 0. The van der Waals surface area contributed by atoms with Gasteiger partial charge in [-0.05, 0) is 43.5 Å². The number of hydrogen-bond donors (Lipinski definition) is 1. The Morgan fingerprint density at radius 2 is 1.95 bits per heavy atom. The third-order valence-corrected chi connectivity index (χ3v) is 9.66. The number of ether oxygens (including phenoxy) is 2. The minimum atomic E-state index is -4.08. The van der Waals surface area contributed by atoms with E-state index in [1.807, 2.05) is 24.3 Å². The first kappa shape index (κ1) is 29.4. The highest BCUT2D eigenvalue weighted by molar-refractivity contribution is 7.89. The molecule has 1 aromatic heterocycles. The van der Waals surface area contributed by atoms with Crippen LogP contribution in [0.3, 0.4) is 0 Å². The normalized spacial score (nSPS) is 22.1. The summed E-state index contributed by atoms with van der Waals surface area (Å²) in [6, 6.07) is 12.2. The Balaban J connectivity index is 1.31. The first-order valence-corrected chi connectivity index (χ1v) is 15.2. The molecule has 2 aliphatic heterocycles. The van der Waals surface area contributed by atoms with Crippen molar-refractivity contribution in [3.8, 4) is 5.75 Å². The number of aryl methyl sites for hydroxylation is 1. The Labute approximate surface area is 238 Å². The van der Waals surface area contributed by atoms with Gasteiger partial charge < -0.3 is 24.7 Å². The molecule has 2 fully saturated rings. The van der Waals surface area contributed by atoms with E-state index in [0.29, 0.717) is 19.7 Å². The highest BCUT2D eigenvalue weighted by Crippen LogP contribution is 2.32. The Morgan fingerprint density at radius 3 is 2.73 bits per heavy atom. The maximum absolute atomic E-state index is 13.7. The molecular formula is C28H35F2N5O5S. The van der Waals surface area contributed by atoms with Gasteiger partial charge in [-0.25, -0.2) is 13.4 Å². The number of likely N-dealkylation sites (tertiary alicyclic amines) is 1. The molecule has 0 bridgehead atoms. The van der Waals surface area contributed by atoms with Crippen LogP contribution < -0.4 is 10.5 Å². The Kier molecular flexibility index (Phi) is 8.88. The number of carbonyl (C=O) groups is 1. The molecule has 1 amide bonds. The molecule has 3 heterocycles. The summed E-state index contributed by atoms with van der Waals surface area (Å²) in [5.74, 6) is -0.200. The molecule has 0 aliphatic carbocycles. The van der Waals surface area contributed by atoms with Gasteiger partial charge in [0.05, 0.1) is 21.8 Å². The lowest BCUT2D eigenvalue weighted by Gasteiger charge is -2.35. The molecule has 0 saturated carbocycles. The van der Waals surface area contributed by atoms with E-state index >= 15 is 0 Å². The lowest BCUT2D eigenvalue weighted by Crippen LogP contribution is -2.47. The Hall–Kier alpha value is -3.13. The van der Waals surface area contributed by atoms with Crippen molar-refractivity contribution >= 4 is 27.0 Å². The van der Waals surface area contributed by atoms with Crippen LogP contribution in [-0.2, 0) is 26.1 Å². The number of imidazole rings is 1. The Morgan fingerprint density at radius 1 is 1.15 bits per heavy atom. The van der Waals surface area contributed by atoms with E-state index in [2.05, 4.69) is 9.30 Å². The zero-order chi connectivity index (χ0) is 29.1. The van der Waals surface area contributed by atoms with Crippen molar-refractivity contribution in [2.24, 2.45) is 11.7 Å². The summed E-state index contributed by atoms with van der Waals surface area (Å²) in [4.78, 5) is 20.2. The second-order valence-electron chi connectivity index (χ2n) is 10.5. The number of aromatic nitrogens is 2. The van der Waals surface area contributed by atoms with E-state index in [1.54, 1.807) is 12.0 Å². The molecular weight excluding hydrogens is 556 g/mol. The average Bonchev–Trinajstić information content (AvgIpc) is 3.54. The van der Waals surface area contributed by atoms with Crippen LogP contribution >= 0.6 is 0 Å². The van der Waals surface area contributed by atoms with Crippen LogP contribution in [0.4, 0.5) is 8.78 Å². The zero-order valence-corrected chi connectivity index (χ0v) is 23.7. The Bertz CT molecular complexity index is 1480. The summed E-state index contributed by atoms with van der Waals surface area (Å²) < 4.78 is 64.9. The van der Waals surface area contributed by atoms with Crippen molar-refractivity contribution in [2.45, 2.75) is 49.3 Å². The van der Waals surface area contributed by atoms with Gasteiger partial charge in [0.25, 0.3) is 0 Å². The second kappa shape index (κ2) is 12.4. The van der Waals surface area contributed by atoms with Gasteiger partial charge in [-0.2, -0.15) is 13.1 Å². The number of fused-ring (bicyclic) bond motifs is 1. The molecule has 5 rings (SSSR count). The molecule has 0 unspecified atom stereocenters. The monoisotopic (exact) mass is 591 g/mol. The summed E-state index contributed by atoms with van der Waals surface area (Å²) in [7, 11) is -2.40. The van der Waals surface area contributed by atoms with E-state index in [-0.39, 0.29) is 35.6 Å². The van der Waals surface area contributed by atoms with E-state index in [9.17, 15) is 22.0 Å². The zero-order valence-electron chi connectivity index (χ0n) is 22.9. The smallest absolute Gasteiger partial charge is 0.387 e. The van der Waals surface area contributed by atoms with Crippen LogP contribution in [0.25, 0.3) is 11.0 Å². The maximum Gasteiger partial charge on any atom is 0.387 e. The number of amides is 1. The summed E-state index contributed by atoms with van der Waals surface area (Å²) in [6.45, 7) is -0.811. The maximum atomic E-state index is 13.7. The van der Waals surface area contributed by atoms with Gasteiger partial charge in [0, 0.05) is 64.5 Å². The van der Waals surface area contributed by atoms with Gasteiger partial charge in [-0.3, -0.25) is 4.79 Å². The predicted molar refractivity (Wildman–Crippen MR) is 148 cm³/mol. The number of carbonyl (C=O) groups excluding carboxylic acids is 1. The van der Waals surface area contributed by atoms with Crippen molar-refractivity contribution < 1.29 is 31.5 Å². The van der Waals surface area contributed by atoms with Crippen LogP contribution in [-0.4, -0.2) is 85.6 Å². The van der Waals surface area contributed by atoms with Gasteiger partial charge in [0.1, 0.15) is 11.6 Å². The fraction of sp³-hybridized carbons (Fsp3) is 0.500. The first-order valence-electron chi connectivity index (χ1n) is 13.7. The van der Waals surface area contributed by atoms with Crippen molar-refractivity contribution in [1.82, 2.24) is 18.8 Å². The predicted octanol–water partition coefficient (Wildman–Crippen LogP) is 3.03. The molecule has 0 radical (unpaired) electrons. The number of nitrogens with zero attached hydrogens (tertiary/aromatic N) is 4. The molecule has 222 valence electrons. The van der Waals surface area contributed by atoms with Crippen LogP contribution in [0.5, 0.6) is 5.75 Å². The van der Waals surface area contributed by atoms with Crippen molar-refractivity contribution in [3.63, 3.8) is 0 Å². The topological polar surface area (TPSA) is 120 Å². The largest absolute Gasteiger partial charge is 0.435 e. The van der Waals surface area contributed by atoms with Gasteiger partial charge in [0.2, 0.25) is 15.9 Å². The molecule has 3 aromatic rings. The number of methoxy groups -OCH3 is 1. The summed E-state index contributed by atoms with van der Waals surface area (Å²) in [6.07, 6.45) is 2.50. The lowest BCUT2D eigenvalue weighted by atomic mass is 9.94. The second-order valence-corrected chi connectivity index (χ2v) is 12.5. The molecule has 10 nitrogen and oxygen atoms in total. The van der Waals surface area contributed by atoms with E-state index in [0.717, 1.165) is 53.0 Å². The third kappa shape index (κ3) is 6.22. The fourth-order valence-electron chi connectivity index (χ4n) is 5.84. The SMILES string of the molecule is COCCCn1c([C@@H]2CCCN(C(=O)[C@@H]3CN(S(=O)(=O)c4cccc(OC(F)F)c4)C[C@H]3N)C2)nc2ccccc21. The number of sulfonamides is 1. The number of benzene rings is 2. The minimum absolute atomic E-state index is 0.0256. The quantitative estimate of drug-likeness (QED) is 0.360. The standard InChI is InChI=1S/C28H35F2N5O5S/c1-39-14-6-13-35-25-11-3-2-10-24(25)32-26(35)19-7-5-12-33(16-19)27(36)22-17-34(18-23(22)31)41(37,38)21-9-4-8-20(15-21)40-28(29)30/h2-4,8-11,15,19,22-23,28H,5-7,12-14,16-18,31H2,1H3/t19-,22-,23-/m1/s1. The number of alkyl halides is 2. The molecule has 2 N–H and O–H groups in total. The highest BCUT2D eigenvalue weighted by atomic mass is 32.2. The van der Waals surface area contributed by atoms with Gasteiger partial charge in [-0.15, -0.1) is 0 Å². The van der Waals surface area contributed by atoms with E-state index in [1.165, 1.54) is 18.2 Å². The van der Waals surface area contributed by atoms with E-state index < -0.39 is 28.6 Å². The minimum Gasteiger partial charge on any atom is -0.435 e. The van der Waals surface area contributed by atoms with Gasteiger partial charge in [0.15, 0.2) is 0 Å². The number of hydrogen-bond acceptors (Lipinski definition) is 7. The molecule has 0 spiro atoms. The van der Waals surface area contributed by atoms with E-state index in [4.69, 9.17) is 15.5 Å². The fourth-order valence-corrected chi connectivity index (χ4v) is 7.38. The molecule has 2 aliphatic rings. The lowest BCUT2D eigenvalue weighted by molar-refractivity contribution is -0.136. The molecule has 2 saturated heterocycles. The number of para-hydroxylation sites is 2. The van der Waals surface area contributed by atoms with Crippen LogP contribution in [0.1, 0.15) is 31.0 Å². The third-order valence-electron chi connectivity index (χ3n) is 7.83. The molecule has 2 aromatic carbocycles. The molecule has 3 atom stereocenters. The number of rotatable bonds is 10. The highest BCUT2D eigenvalue weighted by Gasteiger charge is 2.43. The average molecular weight is 592 g/mol. The van der Waals surface area contributed by atoms with Crippen LogP contribution in [0, 0.1) is 5.92 Å². The van der Waals surface area contributed by atoms with Crippen LogP contribution in [0.2, 0.25) is 0 Å². The number of halogens is 2.